The number of carboxylic acids is 1. The third kappa shape index (κ3) is 4.38. The maximum atomic E-state index is 14.5. The van der Waals surface area contributed by atoms with Crippen molar-refractivity contribution in [3.63, 3.8) is 0 Å². The first kappa shape index (κ1) is 24.1. The van der Waals surface area contributed by atoms with Gasteiger partial charge in [0.2, 0.25) is 0 Å². The molecule has 1 aliphatic rings. The lowest BCUT2D eigenvalue weighted by molar-refractivity contribution is -0.338. The third-order valence-electron chi connectivity index (χ3n) is 4.64. The van der Waals surface area contributed by atoms with Crippen molar-refractivity contribution >= 4 is 5.97 Å². The average molecular weight is 420 g/mol. The first-order chi connectivity index (χ1) is 12.7. The molecule has 0 radical (unpaired) electrons. The fraction of sp³-hybridized carbons (Fsp3) is 0.706. The van der Waals surface area contributed by atoms with Gasteiger partial charge in [-0.05, 0) is 18.6 Å². The summed E-state index contributed by atoms with van der Waals surface area (Å²) in [5.41, 5.74) is 9.02. The minimum Gasteiger partial charge on any atom is -0.481 e. The maximum Gasteiger partial charge on any atom is 0.375 e. The van der Waals surface area contributed by atoms with E-state index in [1.165, 1.54) is 0 Å². The molecule has 0 saturated carbocycles. The van der Waals surface area contributed by atoms with Crippen LogP contribution in [0, 0.1) is 11.8 Å². The van der Waals surface area contributed by atoms with Crippen LogP contribution in [0.1, 0.15) is 39.0 Å². The van der Waals surface area contributed by atoms with Crippen molar-refractivity contribution in [1.29, 1.82) is 0 Å². The molecule has 3 atom stereocenters. The molecule has 28 heavy (non-hydrogen) atoms. The summed E-state index contributed by atoms with van der Waals surface area (Å²) in [5.74, 6) is -25.0. The summed E-state index contributed by atoms with van der Waals surface area (Å²) in [6, 6.07) is 0. The minimum absolute atomic E-state index is 0.186. The second-order valence-electron chi connectivity index (χ2n) is 6.79. The van der Waals surface area contributed by atoms with Crippen molar-refractivity contribution in [2.24, 2.45) is 23.3 Å². The summed E-state index contributed by atoms with van der Waals surface area (Å²) in [5, 5.41) is 9.03. The van der Waals surface area contributed by atoms with Gasteiger partial charge in [0.15, 0.2) is 6.17 Å². The van der Waals surface area contributed by atoms with Crippen LogP contribution in [-0.2, 0) is 4.79 Å². The van der Waals surface area contributed by atoms with Crippen LogP contribution in [0.4, 0.5) is 30.7 Å². The molecule has 1 aliphatic carbocycles. The van der Waals surface area contributed by atoms with E-state index >= 15 is 0 Å². The second-order valence-corrected chi connectivity index (χ2v) is 6.79. The van der Waals surface area contributed by atoms with Gasteiger partial charge >= 0.3 is 23.7 Å². The number of aliphatic carboxylic acids is 1. The van der Waals surface area contributed by atoms with Crippen LogP contribution in [-0.4, -0.2) is 35.0 Å². The van der Waals surface area contributed by atoms with E-state index in [2.05, 4.69) is 0 Å². The first-order valence-corrected chi connectivity index (χ1v) is 8.66. The number of nitrogens with two attached hydrogens (primary N) is 2. The van der Waals surface area contributed by atoms with Crippen LogP contribution in [0.3, 0.4) is 0 Å². The van der Waals surface area contributed by atoms with Gasteiger partial charge in [-0.2, -0.15) is 26.3 Å². The number of hydrogen-bond donors (Lipinski definition) is 3. The van der Waals surface area contributed by atoms with Gasteiger partial charge in [0.05, 0.1) is 11.8 Å². The van der Waals surface area contributed by atoms with Crippen LogP contribution in [0.5, 0.6) is 0 Å². The summed E-state index contributed by atoms with van der Waals surface area (Å²) >= 11 is 0. The van der Waals surface area contributed by atoms with Gasteiger partial charge < -0.3 is 16.6 Å². The Hall–Kier alpha value is -1.94. The van der Waals surface area contributed by atoms with Crippen molar-refractivity contribution in [3.8, 4) is 0 Å². The monoisotopic (exact) mass is 420 g/mol. The summed E-state index contributed by atoms with van der Waals surface area (Å²) in [7, 11) is 0. The molecule has 1 rings (SSSR count). The van der Waals surface area contributed by atoms with Gasteiger partial charge in [-0.25, -0.2) is 4.39 Å². The molecule has 0 amide bonds. The van der Waals surface area contributed by atoms with Crippen LogP contribution in [0.25, 0.3) is 0 Å². The lowest BCUT2D eigenvalue weighted by Crippen LogP contribution is -2.63. The Morgan fingerprint density at radius 3 is 2.21 bits per heavy atom. The molecule has 0 saturated heterocycles. The van der Waals surface area contributed by atoms with Crippen LogP contribution in [0.15, 0.2) is 23.5 Å². The van der Waals surface area contributed by atoms with Crippen molar-refractivity contribution in [1.82, 2.24) is 0 Å². The average Bonchev–Trinajstić information content (AvgIpc) is 2.56. The molecule has 0 bridgehead atoms. The SMILES string of the molecule is CCCCCCC(F)C(F)(F)C(F)(F)C(F)(F)C1C(N)=CC(N)=CC1C(=O)O. The fourth-order valence-electron chi connectivity index (χ4n) is 3.04. The highest BCUT2D eigenvalue weighted by atomic mass is 19.3. The number of allylic oxidation sites excluding steroid dienone is 2. The van der Waals surface area contributed by atoms with Crippen molar-refractivity contribution in [2.45, 2.75) is 63.0 Å². The molecule has 11 heteroatoms. The van der Waals surface area contributed by atoms with Gasteiger partial charge in [0.25, 0.3) is 0 Å². The second kappa shape index (κ2) is 8.60. The summed E-state index contributed by atoms with van der Waals surface area (Å²) in [6.45, 7) is 1.78. The predicted octanol–water partition coefficient (Wildman–Crippen LogP) is 4.22. The Balaban J connectivity index is 3.21. The van der Waals surface area contributed by atoms with Crippen molar-refractivity contribution < 1.29 is 40.6 Å². The smallest absolute Gasteiger partial charge is 0.375 e. The van der Waals surface area contributed by atoms with Crippen LogP contribution in [0.2, 0.25) is 0 Å². The lowest BCUT2D eigenvalue weighted by Gasteiger charge is -2.40. The maximum absolute atomic E-state index is 14.5. The van der Waals surface area contributed by atoms with Gasteiger partial charge in [-0.1, -0.05) is 32.6 Å². The molecule has 4 nitrogen and oxygen atoms in total. The molecule has 0 heterocycles. The van der Waals surface area contributed by atoms with Gasteiger partial charge in [-0.3, -0.25) is 4.79 Å². The Kier molecular flexibility index (Phi) is 7.41. The highest BCUT2D eigenvalue weighted by Gasteiger charge is 2.77. The number of carboxylic acid groups (broad SMARTS) is 1. The molecular weight excluding hydrogens is 397 g/mol. The Morgan fingerprint density at radius 2 is 1.71 bits per heavy atom. The number of unbranched alkanes of at least 4 members (excludes halogenated alkanes) is 3. The number of alkyl halides is 7. The summed E-state index contributed by atoms with van der Waals surface area (Å²) in [6.07, 6.45) is -2.18. The van der Waals surface area contributed by atoms with Gasteiger partial charge in [0.1, 0.15) is 0 Å². The highest BCUT2D eigenvalue weighted by molar-refractivity contribution is 5.74. The minimum atomic E-state index is -6.19. The number of halogens is 7. The van der Waals surface area contributed by atoms with Gasteiger partial charge in [-0.15, -0.1) is 0 Å². The van der Waals surface area contributed by atoms with E-state index < -0.39 is 59.6 Å². The molecule has 0 spiro atoms. The van der Waals surface area contributed by atoms with E-state index in [1.54, 1.807) is 6.92 Å². The zero-order valence-electron chi connectivity index (χ0n) is 15.1. The van der Waals surface area contributed by atoms with Crippen LogP contribution < -0.4 is 11.5 Å². The van der Waals surface area contributed by atoms with E-state index in [9.17, 15) is 35.5 Å². The number of rotatable bonds is 10. The van der Waals surface area contributed by atoms with E-state index in [0.717, 1.165) is 0 Å². The normalized spacial score (nSPS) is 22.4. The quantitative estimate of drug-likeness (QED) is 0.365. The molecule has 0 aliphatic heterocycles. The Labute approximate surface area is 157 Å². The fourth-order valence-corrected chi connectivity index (χ4v) is 3.04. The largest absolute Gasteiger partial charge is 0.481 e. The number of carbonyl (C=O) groups is 1. The van der Waals surface area contributed by atoms with E-state index in [4.69, 9.17) is 16.6 Å². The Morgan fingerprint density at radius 1 is 1.14 bits per heavy atom. The molecule has 162 valence electrons. The van der Waals surface area contributed by atoms with E-state index in [0.29, 0.717) is 25.0 Å². The molecular formula is C17H23F7N2O2. The third-order valence-corrected chi connectivity index (χ3v) is 4.64. The van der Waals surface area contributed by atoms with Crippen molar-refractivity contribution in [2.75, 3.05) is 0 Å². The topological polar surface area (TPSA) is 89.3 Å². The summed E-state index contributed by atoms with van der Waals surface area (Å²) < 4.78 is 99.4. The van der Waals surface area contributed by atoms with Crippen LogP contribution >= 0.6 is 0 Å². The van der Waals surface area contributed by atoms with E-state index in [-0.39, 0.29) is 12.8 Å². The zero-order chi connectivity index (χ0) is 21.9. The number of hydrogen-bond acceptors (Lipinski definition) is 3. The Bertz CT molecular complexity index is 635. The molecule has 5 N–H and O–H groups in total. The van der Waals surface area contributed by atoms with E-state index in [1.807, 2.05) is 0 Å². The van der Waals surface area contributed by atoms with Crippen molar-refractivity contribution in [3.05, 3.63) is 23.5 Å². The van der Waals surface area contributed by atoms with Gasteiger partial charge in [0, 0.05) is 11.4 Å². The standard InChI is InChI=1S/C17H23F7N2O2/c1-2-3-4-5-6-12(18)15(19,20)17(23,24)16(21,22)13-10(14(27)28)7-9(25)8-11(13)26/h7-8,10,12-13H,2-6,25-26H2,1H3,(H,27,28). The highest BCUT2D eigenvalue weighted by Crippen LogP contribution is 2.55. The lowest BCUT2D eigenvalue weighted by atomic mass is 9.76. The molecule has 0 fully saturated rings. The summed E-state index contributed by atoms with van der Waals surface area (Å²) in [4.78, 5) is 11.2. The predicted molar refractivity (Wildman–Crippen MR) is 87.7 cm³/mol. The molecule has 0 aromatic heterocycles. The molecule has 3 unspecified atom stereocenters. The molecule has 0 aromatic carbocycles. The molecule has 0 aromatic rings. The zero-order valence-corrected chi connectivity index (χ0v) is 15.1. The first-order valence-electron chi connectivity index (χ1n) is 8.66.